The van der Waals surface area contributed by atoms with Crippen LogP contribution < -0.4 is 10.1 Å². The number of hydrogen-bond donors (Lipinski definition) is 1. The average Bonchev–Trinajstić information content (AvgIpc) is 3.70. The third-order valence-corrected chi connectivity index (χ3v) is 9.27. The number of piperidine rings is 1. The molecule has 40 heavy (non-hydrogen) atoms. The van der Waals surface area contributed by atoms with Crippen LogP contribution >= 0.6 is 23.2 Å². The third-order valence-electron chi connectivity index (χ3n) is 8.53. The fraction of sp³-hybridized carbons (Fsp3) is 0.516. The molecule has 0 spiro atoms. The van der Waals surface area contributed by atoms with Gasteiger partial charge in [0.05, 0.1) is 16.5 Å². The number of halogens is 2. The van der Waals surface area contributed by atoms with Crippen LogP contribution in [-0.2, 0) is 31.0 Å². The van der Waals surface area contributed by atoms with Crippen molar-refractivity contribution in [2.24, 2.45) is 11.8 Å². The minimum absolute atomic E-state index is 0.0414. The molecule has 1 unspecified atom stereocenters. The SMILES string of the molecule is CC(=O)Oc1cccc([C@@]23CCN(CC4CC4)C[C@H]2C(OC(C)=O)C[C@H](NC(=O)Cc2ccc(Cl)c(Cl)c2)C3)c1. The first-order valence-corrected chi connectivity index (χ1v) is 14.8. The number of rotatable bonds is 8. The van der Waals surface area contributed by atoms with E-state index in [1.165, 1.54) is 26.7 Å². The van der Waals surface area contributed by atoms with E-state index >= 15 is 0 Å². The van der Waals surface area contributed by atoms with Gasteiger partial charge in [-0.1, -0.05) is 41.4 Å². The zero-order valence-corrected chi connectivity index (χ0v) is 24.5. The van der Waals surface area contributed by atoms with Crippen LogP contribution in [0.2, 0.25) is 10.0 Å². The number of esters is 2. The van der Waals surface area contributed by atoms with Crippen molar-refractivity contribution in [3.8, 4) is 5.75 Å². The molecule has 0 bridgehead atoms. The highest BCUT2D eigenvalue weighted by Gasteiger charge is 2.54. The molecule has 4 atom stereocenters. The number of ether oxygens (including phenoxy) is 2. The minimum atomic E-state index is -0.376. The number of amides is 1. The van der Waals surface area contributed by atoms with Crippen molar-refractivity contribution in [2.45, 2.75) is 69.9 Å². The Morgan fingerprint density at radius 1 is 1.05 bits per heavy atom. The highest BCUT2D eigenvalue weighted by molar-refractivity contribution is 6.42. The molecule has 1 N–H and O–H groups in total. The van der Waals surface area contributed by atoms with E-state index in [0.717, 1.165) is 43.1 Å². The molecule has 3 fully saturated rings. The van der Waals surface area contributed by atoms with Crippen LogP contribution in [0.1, 0.15) is 57.1 Å². The number of carbonyl (C=O) groups is 3. The molecular weight excluding hydrogens is 551 g/mol. The monoisotopic (exact) mass is 586 g/mol. The van der Waals surface area contributed by atoms with Gasteiger partial charge in [0.2, 0.25) is 5.91 Å². The van der Waals surface area contributed by atoms with Crippen molar-refractivity contribution in [3.05, 3.63) is 63.6 Å². The van der Waals surface area contributed by atoms with Crippen LogP contribution in [0.3, 0.4) is 0 Å². The van der Waals surface area contributed by atoms with Crippen molar-refractivity contribution in [2.75, 3.05) is 19.6 Å². The first-order chi connectivity index (χ1) is 19.1. The summed E-state index contributed by atoms with van der Waals surface area (Å²) in [4.78, 5) is 39.7. The van der Waals surface area contributed by atoms with Gasteiger partial charge in [-0.2, -0.15) is 0 Å². The third kappa shape index (κ3) is 6.81. The summed E-state index contributed by atoms with van der Waals surface area (Å²) in [7, 11) is 0. The van der Waals surface area contributed by atoms with Crippen molar-refractivity contribution >= 4 is 41.0 Å². The van der Waals surface area contributed by atoms with Crippen LogP contribution in [0.5, 0.6) is 5.75 Å². The molecule has 2 aromatic carbocycles. The summed E-state index contributed by atoms with van der Waals surface area (Å²) in [5, 5.41) is 4.08. The average molecular weight is 588 g/mol. The van der Waals surface area contributed by atoms with Gasteiger partial charge in [-0.25, -0.2) is 0 Å². The van der Waals surface area contributed by atoms with Gasteiger partial charge in [-0.05, 0) is 73.5 Å². The summed E-state index contributed by atoms with van der Waals surface area (Å²) in [5.41, 5.74) is 1.45. The van der Waals surface area contributed by atoms with Crippen LogP contribution in [0, 0.1) is 11.8 Å². The van der Waals surface area contributed by atoms with Crippen molar-refractivity contribution in [3.63, 3.8) is 0 Å². The summed E-state index contributed by atoms with van der Waals surface area (Å²) in [6, 6.07) is 12.7. The molecular formula is C31H36Cl2N2O5. The van der Waals surface area contributed by atoms with Crippen molar-refractivity contribution in [1.82, 2.24) is 10.2 Å². The number of likely N-dealkylation sites (tertiary alicyclic amines) is 1. The van der Waals surface area contributed by atoms with E-state index in [9.17, 15) is 14.4 Å². The molecule has 9 heteroatoms. The molecule has 1 aliphatic heterocycles. The summed E-state index contributed by atoms with van der Waals surface area (Å²) >= 11 is 12.2. The molecule has 3 aliphatic rings. The molecule has 2 aromatic rings. The van der Waals surface area contributed by atoms with Crippen LogP contribution in [0.4, 0.5) is 0 Å². The highest BCUT2D eigenvalue weighted by atomic mass is 35.5. The molecule has 1 amide bonds. The summed E-state index contributed by atoms with van der Waals surface area (Å²) < 4.78 is 11.4. The molecule has 0 radical (unpaired) electrons. The maximum absolute atomic E-state index is 13.2. The van der Waals surface area contributed by atoms with Gasteiger partial charge in [0, 0.05) is 50.7 Å². The Morgan fingerprint density at radius 3 is 2.55 bits per heavy atom. The maximum Gasteiger partial charge on any atom is 0.308 e. The molecule has 1 saturated heterocycles. The number of carbonyl (C=O) groups excluding carboxylic acids is 3. The van der Waals surface area contributed by atoms with E-state index in [4.69, 9.17) is 32.7 Å². The summed E-state index contributed by atoms with van der Waals surface area (Å²) in [5.74, 6) is 0.462. The molecule has 2 saturated carbocycles. The number of fused-ring (bicyclic) bond motifs is 1. The number of benzene rings is 2. The Kier molecular flexibility index (Phi) is 8.74. The van der Waals surface area contributed by atoms with E-state index < -0.39 is 0 Å². The first kappa shape index (κ1) is 28.9. The van der Waals surface area contributed by atoms with Crippen molar-refractivity contribution in [1.29, 1.82) is 0 Å². The number of nitrogens with zero attached hydrogens (tertiary/aromatic N) is 1. The highest BCUT2D eigenvalue weighted by Crippen LogP contribution is 2.51. The molecule has 1 heterocycles. The van der Waals surface area contributed by atoms with E-state index in [-0.39, 0.29) is 47.7 Å². The smallest absolute Gasteiger partial charge is 0.308 e. The quantitative estimate of drug-likeness (QED) is 0.332. The fourth-order valence-corrected chi connectivity index (χ4v) is 7.01. The predicted molar refractivity (Wildman–Crippen MR) is 154 cm³/mol. The molecule has 0 aromatic heterocycles. The van der Waals surface area contributed by atoms with Gasteiger partial charge in [-0.3, -0.25) is 14.4 Å². The molecule has 5 rings (SSSR count). The number of nitrogens with one attached hydrogen (secondary N) is 1. The lowest BCUT2D eigenvalue weighted by Crippen LogP contribution is -2.61. The zero-order chi connectivity index (χ0) is 28.4. The Labute approximate surface area is 245 Å². The van der Waals surface area contributed by atoms with Gasteiger partial charge < -0.3 is 19.7 Å². The normalized spacial score (nSPS) is 26.4. The Hall–Kier alpha value is -2.61. The second-order valence-electron chi connectivity index (χ2n) is 11.6. The van der Waals surface area contributed by atoms with E-state index in [1.807, 2.05) is 12.1 Å². The van der Waals surface area contributed by atoms with Crippen LogP contribution in [0.25, 0.3) is 0 Å². The predicted octanol–water partition coefficient (Wildman–Crippen LogP) is 5.34. The van der Waals surface area contributed by atoms with Crippen LogP contribution in [0.15, 0.2) is 42.5 Å². The van der Waals surface area contributed by atoms with E-state index in [0.29, 0.717) is 28.6 Å². The number of hydrogen-bond acceptors (Lipinski definition) is 6. The largest absolute Gasteiger partial charge is 0.462 e. The standard InChI is InChI=1S/C31H36Cl2N2O5/c1-19(36)39-25-5-3-4-23(14-25)31-10-11-35(17-21-6-7-21)18-26(31)29(40-20(2)37)15-24(16-31)34-30(38)13-22-8-9-27(32)28(33)12-22/h3-5,8-9,12,14,21,24,26,29H,6-7,10-11,13,15-18H2,1-2H3,(H,34,38)/t24-,26-,29?,31-/m0/s1. The Balaban J connectivity index is 1.44. The second-order valence-corrected chi connectivity index (χ2v) is 12.4. The van der Waals surface area contributed by atoms with Gasteiger partial charge >= 0.3 is 11.9 Å². The van der Waals surface area contributed by atoms with E-state index in [1.54, 1.807) is 24.3 Å². The van der Waals surface area contributed by atoms with Gasteiger partial charge in [0.25, 0.3) is 0 Å². The fourth-order valence-electron chi connectivity index (χ4n) is 6.69. The Bertz CT molecular complexity index is 1280. The lowest BCUT2D eigenvalue weighted by molar-refractivity contribution is -0.157. The van der Waals surface area contributed by atoms with E-state index in [2.05, 4.69) is 16.3 Å². The van der Waals surface area contributed by atoms with Gasteiger partial charge in [0.15, 0.2) is 0 Å². The van der Waals surface area contributed by atoms with Crippen molar-refractivity contribution < 1.29 is 23.9 Å². The first-order valence-electron chi connectivity index (χ1n) is 14.0. The minimum Gasteiger partial charge on any atom is -0.462 e. The molecule has 214 valence electrons. The van der Waals surface area contributed by atoms with Gasteiger partial charge in [0.1, 0.15) is 11.9 Å². The lowest BCUT2D eigenvalue weighted by atomic mass is 9.57. The zero-order valence-electron chi connectivity index (χ0n) is 23.0. The second kappa shape index (κ2) is 12.1. The summed E-state index contributed by atoms with van der Waals surface area (Å²) in [6.07, 6.45) is 4.45. The topological polar surface area (TPSA) is 84.9 Å². The Morgan fingerprint density at radius 2 is 1.85 bits per heavy atom. The van der Waals surface area contributed by atoms with Gasteiger partial charge in [-0.15, -0.1) is 0 Å². The lowest BCUT2D eigenvalue weighted by Gasteiger charge is -2.55. The van der Waals surface area contributed by atoms with Crippen LogP contribution in [-0.4, -0.2) is 54.5 Å². The molecule has 2 aliphatic carbocycles. The molecule has 7 nitrogen and oxygen atoms in total. The maximum atomic E-state index is 13.2. The summed E-state index contributed by atoms with van der Waals surface area (Å²) in [6.45, 7) is 5.63.